The predicted octanol–water partition coefficient (Wildman–Crippen LogP) is 4.80. The summed E-state index contributed by atoms with van der Waals surface area (Å²) < 4.78 is 45.3. The number of anilines is 1. The highest BCUT2D eigenvalue weighted by Gasteiger charge is 2.30. The molecule has 0 unspecified atom stereocenters. The minimum absolute atomic E-state index is 0.0519. The fourth-order valence-corrected chi connectivity index (χ4v) is 2.69. The third kappa shape index (κ3) is 4.03. The molecule has 0 saturated heterocycles. The lowest BCUT2D eigenvalue weighted by Crippen LogP contribution is -2.13. The molecule has 29 heavy (non-hydrogen) atoms. The normalized spacial score (nSPS) is 11.4. The first-order valence-electron chi connectivity index (χ1n) is 8.45. The first-order valence-corrected chi connectivity index (χ1v) is 8.45. The largest absolute Gasteiger partial charge is 0.463 e. The molecule has 2 aromatic heterocycles. The van der Waals surface area contributed by atoms with E-state index in [9.17, 15) is 18.0 Å². The van der Waals surface area contributed by atoms with Crippen LogP contribution in [0.25, 0.3) is 17.1 Å². The molecule has 0 fully saturated rings. The number of hydrogen-bond acceptors (Lipinski definition) is 4. The van der Waals surface area contributed by atoms with E-state index in [1.807, 2.05) is 0 Å². The summed E-state index contributed by atoms with van der Waals surface area (Å²) in [6.45, 7) is 0. The first-order chi connectivity index (χ1) is 13.9. The molecule has 6 nitrogen and oxygen atoms in total. The molecule has 1 N–H and O–H groups in total. The molecular weight excluding hydrogens is 385 g/mol. The summed E-state index contributed by atoms with van der Waals surface area (Å²) in [7, 11) is 0. The van der Waals surface area contributed by atoms with Gasteiger partial charge in [-0.1, -0.05) is 17.3 Å². The summed E-state index contributed by atoms with van der Waals surface area (Å²) in [5, 5.41) is 10.5. The molecule has 0 aliphatic heterocycles. The van der Waals surface area contributed by atoms with Gasteiger partial charge in [0.05, 0.1) is 23.7 Å². The average molecular weight is 398 g/mol. The van der Waals surface area contributed by atoms with Gasteiger partial charge in [0.2, 0.25) is 0 Å². The van der Waals surface area contributed by atoms with Gasteiger partial charge >= 0.3 is 6.18 Å². The second kappa shape index (κ2) is 7.27. The molecule has 0 atom stereocenters. The molecule has 4 aromatic rings. The number of carbonyl (C=O) groups excluding carboxylic acids is 1. The number of hydrogen-bond donors (Lipinski definition) is 1. The zero-order valence-corrected chi connectivity index (χ0v) is 14.7. The van der Waals surface area contributed by atoms with Crippen LogP contribution in [-0.2, 0) is 6.18 Å². The van der Waals surface area contributed by atoms with Crippen LogP contribution in [0.15, 0.2) is 77.5 Å². The van der Waals surface area contributed by atoms with Crippen molar-refractivity contribution in [1.29, 1.82) is 0 Å². The maximum Gasteiger partial charge on any atom is 0.416 e. The topological polar surface area (TPSA) is 73.0 Å². The van der Waals surface area contributed by atoms with Gasteiger partial charge in [0, 0.05) is 11.3 Å². The fourth-order valence-electron chi connectivity index (χ4n) is 2.69. The standard InChI is InChI=1S/C20H13F3N4O2/c21-20(22,23)14-5-2-6-15(11-14)24-19(28)13-4-1-7-16(10-13)27-12-17(25-26-27)18-8-3-9-29-18/h1-12H,(H,24,28). The Hall–Kier alpha value is -3.88. The summed E-state index contributed by atoms with van der Waals surface area (Å²) in [5.74, 6) is 0.00671. The van der Waals surface area contributed by atoms with Crippen molar-refractivity contribution < 1.29 is 22.4 Å². The Balaban J connectivity index is 1.55. The lowest BCUT2D eigenvalue weighted by atomic mass is 10.1. The van der Waals surface area contributed by atoms with Crippen LogP contribution in [0.3, 0.4) is 0 Å². The Kier molecular flexibility index (Phi) is 4.63. The molecule has 4 rings (SSSR count). The predicted molar refractivity (Wildman–Crippen MR) is 98.5 cm³/mol. The molecule has 0 aliphatic carbocycles. The molecule has 0 saturated carbocycles. The number of furan rings is 1. The number of rotatable bonds is 4. The van der Waals surface area contributed by atoms with E-state index in [0.29, 0.717) is 17.1 Å². The number of alkyl halides is 3. The number of benzene rings is 2. The maximum absolute atomic E-state index is 12.8. The first kappa shape index (κ1) is 18.5. The van der Waals surface area contributed by atoms with E-state index in [2.05, 4.69) is 15.6 Å². The van der Waals surface area contributed by atoms with Crippen LogP contribution >= 0.6 is 0 Å². The van der Waals surface area contributed by atoms with E-state index >= 15 is 0 Å². The minimum atomic E-state index is -4.49. The van der Waals surface area contributed by atoms with Gasteiger partial charge in [0.25, 0.3) is 5.91 Å². The second-order valence-corrected chi connectivity index (χ2v) is 6.11. The highest BCUT2D eigenvalue weighted by Crippen LogP contribution is 2.30. The molecule has 0 aliphatic rings. The van der Waals surface area contributed by atoms with Crippen LogP contribution in [0.1, 0.15) is 15.9 Å². The van der Waals surface area contributed by atoms with E-state index in [1.165, 1.54) is 23.1 Å². The van der Waals surface area contributed by atoms with Crippen LogP contribution in [0, 0.1) is 0 Å². The molecule has 1 amide bonds. The van der Waals surface area contributed by atoms with E-state index < -0.39 is 17.6 Å². The van der Waals surface area contributed by atoms with E-state index in [-0.39, 0.29) is 11.3 Å². The van der Waals surface area contributed by atoms with Gasteiger partial charge in [0.1, 0.15) is 5.69 Å². The summed E-state index contributed by atoms with van der Waals surface area (Å²) >= 11 is 0. The molecule has 0 spiro atoms. The van der Waals surface area contributed by atoms with Crippen molar-refractivity contribution in [3.05, 3.63) is 84.3 Å². The Morgan fingerprint density at radius 3 is 2.62 bits per heavy atom. The van der Waals surface area contributed by atoms with Crippen molar-refractivity contribution in [2.45, 2.75) is 6.18 Å². The van der Waals surface area contributed by atoms with E-state index in [1.54, 1.807) is 42.6 Å². The number of carbonyl (C=O) groups is 1. The van der Waals surface area contributed by atoms with Crippen molar-refractivity contribution in [2.24, 2.45) is 0 Å². The van der Waals surface area contributed by atoms with E-state index in [4.69, 9.17) is 4.42 Å². The van der Waals surface area contributed by atoms with Gasteiger partial charge in [-0.05, 0) is 48.5 Å². The monoisotopic (exact) mass is 398 g/mol. The number of aromatic nitrogens is 3. The Morgan fingerprint density at radius 2 is 1.86 bits per heavy atom. The maximum atomic E-state index is 12.8. The molecular formula is C20H13F3N4O2. The van der Waals surface area contributed by atoms with Crippen LogP contribution < -0.4 is 5.32 Å². The van der Waals surface area contributed by atoms with Crippen molar-refractivity contribution in [2.75, 3.05) is 5.32 Å². The number of amides is 1. The highest BCUT2D eigenvalue weighted by atomic mass is 19.4. The van der Waals surface area contributed by atoms with Crippen molar-refractivity contribution in [3.8, 4) is 17.1 Å². The fraction of sp³-hybridized carbons (Fsp3) is 0.0500. The zero-order chi connectivity index (χ0) is 20.4. The molecule has 0 bridgehead atoms. The van der Waals surface area contributed by atoms with Crippen LogP contribution in [0.2, 0.25) is 0 Å². The van der Waals surface area contributed by atoms with Crippen molar-refractivity contribution >= 4 is 11.6 Å². The third-order valence-corrected chi connectivity index (χ3v) is 4.09. The molecule has 2 heterocycles. The van der Waals surface area contributed by atoms with Crippen molar-refractivity contribution in [3.63, 3.8) is 0 Å². The molecule has 9 heteroatoms. The van der Waals surface area contributed by atoms with Gasteiger partial charge < -0.3 is 9.73 Å². The number of nitrogens with zero attached hydrogens (tertiary/aromatic N) is 3. The molecule has 146 valence electrons. The Bertz CT molecular complexity index is 1150. The van der Waals surface area contributed by atoms with Crippen LogP contribution in [0.4, 0.5) is 18.9 Å². The number of halogens is 3. The quantitative estimate of drug-likeness (QED) is 0.536. The summed E-state index contributed by atoms with van der Waals surface area (Å²) in [6, 6.07) is 14.4. The summed E-state index contributed by atoms with van der Waals surface area (Å²) in [4.78, 5) is 12.5. The smallest absolute Gasteiger partial charge is 0.416 e. The van der Waals surface area contributed by atoms with Gasteiger partial charge in [-0.2, -0.15) is 13.2 Å². The van der Waals surface area contributed by atoms with Gasteiger partial charge in [0.15, 0.2) is 5.76 Å². The Labute approximate surface area is 162 Å². The lowest BCUT2D eigenvalue weighted by molar-refractivity contribution is -0.137. The van der Waals surface area contributed by atoms with E-state index in [0.717, 1.165) is 12.1 Å². The minimum Gasteiger partial charge on any atom is -0.463 e. The molecule has 2 aromatic carbocycles. The van der Waals surface area contributed by atoms with Crippen LogP contribution in [-0.4, -0.2) is 20.9 Å². The average Bonchev–Trinajstić information content (AvgIpc) is 3.39. The SMILES string of the molecule is O=C(Nc1cccc(C(F)(F)F)c1)c1cccc(-n2cc(-c3ccco3)nn2)c1. The number of nitrogens with one attached hydrogen (secondary N) is 1. The zero-order valence-electron chi connectivity index (χ0n) is 14.7. The summed E-state index contributed by atoms with van der Waals surface area (Å²) in [6.07, 6.45) is -1.32. The summed E-state index contributed by atoms with van der Waals surface area (Å²) in [5.41, 5.74) is 0.559. The van der Waals surface area contributed by atoms with Gasteiger partial charge in [-0.15, -0.1) is 5.10 Å². The Morgan fingerprint density at radius 1 is 1.03 bits per heavy atom. The lowest BCUT2D eigenvalue weighted by Gasteiger charge is -2.10. The van der Waals surface area contributed by atoms with Gasteiger partial charge in [-0.25, -0.2) is 4.68 Å². The van der Waals surface area contributed by atoms with Crippen molar-refractivity contribution in [1.82, 2.24) is 15.0 Å². The second-order valence-electron chi connectivity index (χ2n) is 6.11. The van der Waals surface area contributed by atoms with Crippen LogP contribution in [0.5, 0.6) is 0 Å². The molecule has 0 radical (unpaired) electrons. The highest BCUT2D eigenvalue weighted by molar-refractivity contribution is 6.04. The third-order valence-electron chi connectivity index (χ3n) is 4.09. The van der Waals surface area contributed by atoms with Gasteiger partial charge in [-0.3, -0.25) is 4.79 Å².